The van der Waals surface area contributed by atoms with Crippen molar-refractivity contribution in [2.24, 2.45) is 0 Å². The number of hydrogen-bond donors (Lipinski definition) is 9. The number of amides is 1. The van der Waals surface area contributed by atoms with Gasteiger partial charge in [0.05, 0.1) is 32.0 Å². The van der Waals surface area contributed by atoms with Crippen LogP contribution in [0.5, 0.6) is 0 Å². The highest BCUT2D eigenvalue weighted by Gasteiger charge is 2.51. The normalized spacial score (nSPS) is 24.4. The van der Waals surface area contributed by atoms with Crippen LogP contribution in [-0.4, -0.2) is 140 Å². The van der Waals surface area contributed by atoms with Gasteiger partial charge in [-0.2, -0.15) is 0 Å². The standard InChI is InChI=1S/C64H125NO13/c1-3-5-7-9-11-12-13-14-15-16-17-18-19-20-21-22-23-24-25-26-27-28-29-30-31-32-33-34-35-36-37-38-39-40-42-44-46-48-56(69)65-52(53(68)47-45-43-41-10-8-6-4-2)51-75-63-61(74)59(72)62(55(50-67)77-63)78-64-60(73)58(71)57(70)54(49-66)76-64/h52-55,57-64,66-68,70-74H,3-51H2,1-2H3,(H,65,69). The Kier molecular flexibility index (Phi) is 47.3. The minimum absolute atomic E-state index is 0.204. The summed E-state index contributed by atoms with van der Waals surface area (Å²) in [6, 6.07) is -0.820. The number of aliphatic hydroxyl groups excluding tert-OH is 8. The molecule has 14 nitrogen and oxygen atoms in total. The molecule has 78 heavy (non-hydrogen) atoms. The van der Waals surface area contributed by atoms with Gasteiger partial charge in [0.2, 0.25) is 5.91 Å². The lowest BCUT2D eigenvalue weighted by molar-refractivity contribution is -0.359. The predicted molar refractivity (Wildman–Crippen MR) is 314 cm³/mol. The molecule has 0 aromatic carbocycles. The topological polar surface area (TPSA) is 228 Å². The molecule has 0 spiro atoms. The largest absolute Gasteiger partial charge is 0.394 e. The number of ether oxygens (including phenoxy) is 4. The van der Waals surface area contributed by atoms with Gasteiger partial charge in [-0.1, -0.05) is 290 Å². The molecule has 14 heteroatoms. The molecule has 2 heterocycles. The monoisotopic (exact) mass is 1120 g/mol. The lowest BCUT2D eigenvalue weighted by Gasteiger charge is -2.46. The van der Waals surface area contributed by atoms with E-state index in [1.54, 1.807) is 0 Å². The van der Waals surface area contributed by atoms with Crippen LogP contribution in [-0.2, 0) is 23.7 Å². The molecule has 0 saturated carbocycles. The van der Waals surface area contributed by atoms with E-state index in [4.69, 9.17) is 18.9 Å². The molecule has 0 aromatic heterocycles. The van der Waals surface area contributed by atoms with Crippen molar-refractivity contribution >= 4 is 5.91 Å². The Morgan fingerprint density at radius 2 is 0.731 bits per heavy atom. The number of rotatable bonds is 55. The fourth-order valence-electron chi connectivity index (χ4n) is 11.5. The van der Waals surface area contributed by atoms with Gasteiger partial charge in [-0.25, -0.2) is 0 Å². The molecule has 0 radical (unpaired) electrons. The van der Waals surface area contributed by atoms with Crippen molar-refractivity contribution in [3.05, 3.63) is 0 Å². The highest BCUT2D eigenvalue weighted by Crippen LogP contribution is 2.30. The Labute approximate surface area is 476 Å². The highest BCUT2D eigenvalue weighted by molar-refractivity contribution is 5.76. The van der Waals surface area contributed by atoms with Gasteiger partial charge in [0.25, 0.3) is 0 Å². The Balaban J connectivity index is 1.49. The zero-order valence-electron chi connectivity index (χ0n) is 50.2. The van der Waals surface area contributed by atoms with E-state index in [1.807, 2.05) is 0 Å². The van der Waals surface area contributed by atoms with Crippen LogP contribution in [0.3, 0.4) is 0 Å². The number of unbranched alkanes of at least 4 members (excludes halogenated alkanes) is 42. The summed E-state index contributed by atoms with van der Waals surface area (Å²) in [6.07, 6.45) is 42.0. The maximum absolute atomic E-state index is 13.2. The zero-order valence-corrected chi connectivity index (χ0v) is 50.2. The first kappa shape index (κ1) is 73.1. The molecule has 2 aliphatic rings. The van der Waals surface area contributed by atoms with Crippen LogP contribution in [0.4, 0.5) is 0 Å². The van der Waals surface area contributed by atoms with Gasteiger partial charge in [0.15, 0.2) is 12.6 Å². The Hall–Kier alpha value is -1.01. The summed E-state index contributed by atoms with van der Waals surface area (Å²) in [5, 5.41) is 86.9. The molecule has 2 aliphatic heterocycles. The van der Waals surface area contributed by atoms with Crippen molar-refractivity contribution < 1.29 is 64.6 Å². The second-order valence-electron chi connectivity index (χ2n) is 24.0. The van der Waals surface area contributed by atoms with Gasteiger partial charge in [-0.3, -0.25) is 4.79 Å². The van der Waals surface area contributed by atoms with Gasteiger partial charge < -0.3 is 65.1 Å². The summed E-state index contributed by atoms with van der Waals surface area (Å²) < 4.78 is 22.7. The molecule has 0 aromatic rings. The molecule has 2 rings (SSSR count). The van der Waals surface area contributed by atoms with E-state index in [0.29, 0.717) is 12.8 Å². The van der Waals surface area contributed by atoms with Gasteiger partial charge in [-0.15, -0.1) is 0 Å². The molecule has 12 unspecified atom stereocenters. The number of hydrogen-bond acceptors (Lipinski definition) is 13. The van der Waals surface area contributed by atoms with Crippen LogP contribution in [0.1, 0.15) is 309 Å². The first-order chi connectivity index (χ1) is 38.1. The molecule has 1 amide bonds. The van der Waals surface area contributed by atoms with Crippen molar-refractivity contribution in [3.63, 3.8) is 0 Å². The maximum Gasteiger partial charge on any atom is 0.220 e. The lowest BCUT2D eigenvalue weighted by atomic mass is 9.97. The second kappa shape index (κ2) is 50.5. The average molecular weight is 1120 g/mol. The summed E-state index contributed by atoms with van der Waals surface area (Å²) in [5.41, 5.74) is 0. The Morgan fingerprint density at radius 3 is 1.09 bits per heavy atom. The lowest BCUT2D eigenvalue weighted by Crippen LogP contribution is -2.65. The van der Waals surface area contributed by atoms with Crippen LogP contribution in [0.2, 0.25) is 0 Å². The molecule has 2 fully saturated rings. The van der Waals surface area contributed by atoms with Gasteiger partial charge >= 0.3 is 0 Å². The van der Waals surface area contributed by atoms with E-state index in [9.17, 15) is 45.6 Å². The second-order valence-corrected chi connectivity index (χ2v) is 24.0. The third-order valence-electron chi connectivity index (χ3n) is 16.8. The van der Waals surface area contributed by atoms with Crippen molar-refractivity contribution in [2.75, 3.05) is 19.8 Å². The van der Waals surface area contributed by atoms with Gasteiger partial charge in [0, 0.05) is 6.42 Å². The molecule has 2 saturated heterocycles. The van der Waals surface area contributed by atoms with Crippen LogP contribution in [0.25, 0.3) is 0 Å². The molecule has 464 valence electrons. The SMILES string of the molecule is CCCCCCCCCCCCCCCCCCCCCCCCCCCCCCCCCCCCCCCC(=O)NC(COC1OC(CO)C(OC2OC(CO)C(O)C(O)C2O)C(O)C1O)C(O)CCCCCCCCC. The van der Waals surface area contributed by atoms with Crippen LogP contribution in [0, 0.1) is 0 Å². The fourth-order valence-corrected chi connectivity index (χ4v) is 11.5. The van der Waals surface area contributed by atoms with Crippen molar-refractivity contribution in [3.8, 4) is 0 Å². The van der Waals surface area contributed by atoms with Gasteiger partial charge in [-0.05, 0) is 12.8 Å². The number of aliphatic hydroxyl groups is 8. The molecule has 0 bridgehead atoms. The van der Waals surface area contributed by atoms with E-state index in [2.05, 4.69) is 19.2 Å². The smallest absolute Gasteiger partial charge is 0.220 e. The first-order valence-electron chi connectivity index (χ1n) is 33.3. The summed E-state index contributed by atoms with van der Waals surface area (Å²) in [7, 11) is 0. The van der Waals surface area contributed by atoms with Crippen LogP contribution in [0.15, 0.2) is 0 Å². The van der Waals surface area contributed by atoms with Crippen molar-refractivity contribution in [1.29, 1.82) is 0 Å². The quantitative estimate of drug-likeness (QED) is 0.0259. The van der Waals surface area contributed by atoms with Gasteiger partial charge in [0.1, 0.15) is 48.8 Å². The Bertz CT molecular complexity index is 1310. The van der Waals surface area contributed by atoms with E-state index in [1.165, 1.54) is 231 Å². The van der Waals surface area contributed by atoms with E-state index in [-0.39, 0.29) is 12.5 Å². The average Bonchev–Trinajstić information content (AvgIpc) is 3.47. The summed E-state index contributed by atoms with van der Waals surface area (Å²) in [6.45, 7) is 2.84. The number of carbonyl (C=O) groups excluding carboxylic acids is 1. The third-order valence-corrected chi connectivity index (χ3v) is 16.8. The highest BCUT2D eigenvalue weighted by atomic mass is 16.7. The summed E-state index contributed by atoms with van der Waals surface area (Å²) in [5.74, 6) is -0.204. The van der Waals surface area contributed by atoms with Crippen molar-refractivity contribution in [2.45, 2.75) is 383 Å². The maximum atomic E-state index is 13.2. The van der Waals surface area contributed by atoms with E-state index >= 15 is 0 Å². The molecule has 9 N–H and O–H groups in total. The fraction of sp³-hybridized carbons (Fsp3) is 0.984. The first-order valence-corrected chi connectivity index (χ1v) is 33.3. The predicted octanol–water partition coefficient (Wildman–Crippen LogP) is 12.5. The summed E-state index contributed by atoms with van der Waals surface area (Å²) >= 11 is 0. The minimum atomic E-state index is -1.78. The molecule has 0 aliphatic carbocycles. The molecular weight excluding hydrogens is 991 g/mol. The number of nitrogens with one attached hydrogen (secondary N) is 1. The molecule has 12 atom stereocenters. The van der Waals surface area contributed by atoms with Crippen molar-refractivity contribution in [1.82, 2.24) is 5.32 Å². The van der Waals surface area contributed by atoms with Crippen LogP contribution < -0.4 is 5.32 Å². The third kappa shape index (κ3) is 35.2. The van der Waals surface area contributed by atoms with E-state index < -0.39 is 86.8 Å². The molecular formula is C64H125NO13. The minimum Gasteiger partial charge on any atom is -0.394 e. The Morgan fingerprint density at radius 1 is 0.410 bits per heavy atom. The van der Waals surface area contributed by atoms with Crippen LogP contribution >= 0.6 is 0 Å². The zero-order chi connectivity index (χ0) is 56.7. The van der Waals surface area contributed by atoms with E-state index in [0.717, 1.165) is 51.4 Å². The number of carbonyl (C=O) groups is 1. The summed E-state index contributed by atoms with van der Waals surface area (Å²) in [4.78, 5) is 13.2.